The Hall–Kier alpha value is -0.991. The van der Waals surface area contributed by atoms with E-state index < -0.39 is 21.4 Å². The molecule has 1 aromatic carbocycles. The molecule has 0 saturated heterocycles. The van der Waals surface area contributed by atoms with Gasteiger partial charge in [-0.2, -0.15) is 0 Å². The van der Waals surface area contributed by atoms with Crippen LogP contribution in [-0.4, -0.2) is 26.5 Å². The number of rotatable bonds is 2. The summed E-state index contributed by atoms with van der Waals surface area (Å²) >= 11 is -0.410. The first kappa shape index (κ1) is 8.11. The van der Waals surface area contributed by atoms with Crippen LogP contribution in [0, 0.1) is 0 Å². The maximum absolute atomic E-state index is 9.97. The number of carboxylic acid groups (broad SMARTS) is 1. The van der Waals surface area contributed by atoms with Gasteiger partial charge < -0.3 is 0 Å². The average Bonchev–Trinajstić information content (AvgIpc) is 2.03. The van der Waals surface area contributed by atoms with Gasteiger partial charge in [-0.15, -0.1) is 0 Å². The van der Waals surface area contributed by atoms with Crippen LogP contribution in [0.15, 0.2) is 30.3 Å². The molecule has 0 radical (unpaired) electrons. The van der Waals surface area contributed by atoms with Gasteiger partial charge in [-0.1, -0.05) is 0 Å². The number of hydrogen-bond donors (Lipinski definition) is 1. The van der Waals surface area contributed by atoms with Crippen LogP contribution in [0.2, 0.25) is 0 Å². The molecule has 0 heterocycles. The standard InChI is InChI=1S/C7H6O3Se/c8-7(9)10-11-6-4-2-1-3-5-6/h1-5H,(H,8,9). The quantitative estimate of drug-likeness (QED) is 0.739. The second-order valence-corrected chi connectivity index (χ2v) is 3.43. The summed E-state index contributed by atoms with van der Waals surface area (Å²) in [6.07, 6.45) is -1.21. The molecule has 4 heteroatoms. The van der Waals surface area contributed by atoms with Gasteiger partial charge in [-0.25, -0.2) is 0 Å². The van der Waals surface area contributed by atoms with Crippen LogP contribution in [0.3, 0.4) is 0 Å². The Labute approximate surface area is 70.5 Å². The van der Waals surface area contributed by atoms with Gasteiger partial charge in [0.25, 0.3) is 0 Å². The molecule has 0 unspecified atom stereocenters. The van der Waals surface area contributed by atoms with Crippen molar-refractivity contribution < 1.29 is 13.7 Å². The fourth-order valence-corrected chi connectivity index (χ4v) is 1.47. The van der Waals surface area contributed by atoms with Crippen LogP contribution >= 0.6 is 0 Å². The predicted molar refractivity (Wildman–Crippen MR) is 40.9 cm³/mol. The summed E-state index contributed by atoms with van der Waals surface area (Å²) in [4.78, 5) is 9.97. The molecular formula is C7H6O3Se. The molecule has 58 valence electrons. The van der Waals surface area contributed by atoms with Crippen molar-refractivity contribution in [1.29, 1.82) is 0 Å². The zero-order valence-electron chi connectivity index (χ0n) is 5.56. The summed E-state index contributed by atoms with van der Waals surface area (Å²) in [5.74, 6) is 0. The van der Waals surface area contributed by atoms with Crippen LogP contribution in [0.5, 0.6) is 0 Å². The van der Waals surface area contributed by atoms with Crippen LogP contribution in [-0.2, 0) is 3.82 Å². The summed E-state index contributed by atoms with van der Waals surface area (Å²) in [7, 11) is 0. The van der Waals surface area contributed by atoms with Gasteiger partial charge in [0, 0.05) is 0 Å². The van der Waals surface area contributed by atoms with Crippen LogP contribution in [0.25, 0.3) is 0 Å². The third kappa shape index (κ3) is 3.07. The Morgan fingerprint density at radius 3 is 2.55 bits per heavy atom. The molecule has 11 heavy (non-hydrogen) atoms. The molecular weight excluding hydrogens is 211 g/mol. The molecule has 0 aliphatic rings. The molecule has 1 N–H and O–H groups in total. The van der Waals surface area contributed by atoms with Gasteiger partial charge in [-0.05, 0) is 0 Å². The number of hydrogen-bond acceptors (Lipinski definition) is 2. The van der Waals surface area contributed by atoms with Crippen molar-refractivity contribution in [3.8, 4) is 0 Å². The van der Waals surface area contributed by atoms with Crippen molar-refractivity contribution in [2.45, 2.75) is 0 Å². The first-order chi connectivity index (χ1) is 5.29. The predicted octanol–water partition coefficient (Wildman–Crippen LogP) is 0.626. The van der Waals surface area contributed by atoms with E-state index in [0.717, 1.165) is 4.46 Å². The zero-order chi connectivity index (χ0) is 8.10. The summed E-state index contributed by atoms with van der Waals surface area (Å²) in [5, 5.41) is 8.17. The molecule has 0 bridgehead atoms. The molecule has 0 aliphatic heterocycles. The van der Waals surface area contributed by atoms with E-state index in [1.165, 1.54) is 0 Å². The monoisotopic (exact) mass is 218 g/mol. The first-order valence-corrected chi connectivity index (χ1v) is 4.47. The fourth-order valence-electron chi connectivity index (χ4n) is 0.560. The topological polar surface area (TPSA) is 46.5 Å². The van der Waals surface area contributed by atoms with E-state index in [4.69, 9.17) is 5.11 Å². The van der Waals surface area contributed by atoms with E-state index in [-0.39, 0.29) is 0 Å². The van der Waals surface area contributed by atoms with Crippen molar-refractivity contribution in [3.63, 3.8) is 0 Å². The molecule has 1 aromatic rings. The van der Waals surface area contributed by atoms with E-state index in [1.807, 2.05) is 30.3 Å². The summed E-state index contributed by atoms with van der Waals surface area (Å²) in [5.41, 5.74) is 0. The zero-order valence-corrected chi connectivity index (χ0v) is 7.27. The Morgan fingerprint density at radius 1 is 1.36 bits per heavy atom. The molecule has 0 spiro atoms. The van der Waals surface area contributed by atoms with Gasteiger partial charge in [-0.3, -0.25) is 0 Å². The van der Waals surface area contributed by atoms with Crippen molar-refractivity contribution in [2.75, 3.05) is 0 Å². The van der Waals surface area contributed by atoms with Crippen molar-refractivity contribution in [1.82, 2.24) is 0 Å². The SMILES string of the molecule is O=C(O)O[Se]c1ccccc1. The Kier molecular flexibility index (Phi) is 2.95. The van der Waals surface area contributed by atoms with Crippen molar-refractivity contribution >= 4 is 25.9 Å². The van der Waals surface area contributed by atoms with Gasteiger partial charge in [0.2, 0.25) is 0 Å². The Bertz CT molecular complexity index is 235. The number of carbonyl (C=O) groups is 1. The first-order valence-electron chi connectivity index (χ1n) is 2.91. The molecule has 1 rings (SSSR count). The maximum atomic E-state index is 9.97. The van der Waals surface area contributed by atoms with Crippen LogP contribution < -0.4 is 4.46 Å². The molecule has 0 saturated carbocycles. The Balaban J connectivity index is 2.45. The van der Waals surface area contributed by atoms with Gasteiger partial charge in [0.15, 0.2) is 0 Å². The summed E-state index contributed by atoms with van der Waals surface area (Å²) < 4.78 is 5.33. The van der Waals surface area contributed by atoms with E-state index in [9.17, 15) is 4.79 Å². The molecule has 0 amide bonds. The van der Waals surface area contributed by atoms with Crippen LogP contribution in [0.1, 0.15) is 0 Å². The van der Waals surface area contributed by atoms with E-state index in [0.29, 0.717) is 0 Å². The molecule has 3 nitrogen and oxygen atoms in total. The Morgan fingerprint density at radius 2 is 2.00 bits per heavy atom. The summed E-state index contributed by atoms with van der Waals surface area (Å²) in [6.45, 7) is 0. The van der Waals surface area contributed by atoms with Crippen molar-refractivity contribution in [2.24, 2.45) is 0 Å². The van der Waals surface area contributed by atoms with Crippen LogP contribution in [0.4, 0.5) is 4.79 Å². The molecule has 0 atom stereocenters. The van der Waals surface area contributed by atoms with Gasteiger partial charge in [0.1, 0.15) is 0 Å². The average molecular weight is 217 g/mol. The van der Waals surface area contributed by atoms with E-state index >= 15 is 0 Å². The minimum absolute atomic E-state index is 0.410. The molecule has 0 aliphatic carbocycles. The van der Waals surface area contributed by atoms with Gasteiger partial charge >= 0.3 is 70.0 Å². The second-order valence-electron chi connectivity index (χ2n) is 1.75. The number of benzene rings is 1. The van der Waals surface area contributed by atoms with E-state index in [2.05, 4.69) is 3.82 Å². The normalized spacial score (nSPS) is 9.09. The molecule has 0 fully saturated rings. The third-order valence-electron chi connectivity index (χ3n) is 0.952. The molecule has 0 aromatic heterocycles. The summed E-state index contributed by atoms with van der Waals surface area (Å²) in [6, 6.07) is 9.25. The minimum atomic E-state index is -1.21. The second kappa shape index (κ2) is 4.01. The fraction of sp³-hybridized carbons (Fsp3) is 0. The van der Waals surface area contributed by atoms with E-state index in [1.54, 1.807) is 0 Å². The third-order valence-corrected chi connectivity index (χ3v) is 2.40. The van der Waals surface area contributed by atoms with Crippen molar-refractivity contribution in [3.05, 3.63) is 30.3 Å². The van der Waals surface area contributed by atoms with Gasteiger partial charge in [0.05, 0.1) is 0 Å².